The molecule has 25 heavy (non-hydrogen) atoms. The predicted octanol–water partition coefficient (Wildman–Crippen LogP) is 2.07. The molecular formula is C17H24N4O4. The van der Waals surface area contributed by atoms with Crippen LogP contribution >= 0.6 is 0 Å². The summed E-state index contributed by atoms with van der Waals surface area (Å²) in [6, 6.07) is 1.98. The van der Waals surface area contributed by atoms with Gasteiger partial charge >= 0.3 is 0 Å². The average Bonchev–Trinajstić information content (AvgIpc) is 3.24. The number of rotatable bonds is 6. The maximum atomic E-state index is 12.2. The van der Waals surface area contributed by atoms with Crippen LogP contribution in [-0.4, -0.2) is 47.2 Å². The van der Waals surface area contributed by atoms with E-state index in [-0.39, 0.29) is 18.0 Å². The van der Waals surface area contributed by atoms with Gasteiger partial charge in [0, 0.05) is 31.8 Å². The van der Waals surface area contributed by atoms with Gasteiger partial charge in [-0.3, -0.25) is 9.69 Å². The number of carbonyl (C=O) groups is 1. The van der Waals surface area contributed by atoms with Crippen molar-refractivity contribution in [2.75, 3.05) is 20.2 Å². The van der Waals surface area contributed by atoms with Gasteiger partial charge in [0.2, 0.25) is 5.89 Å². The summed E-state index contributed by atoms with van der Waals surface area (Å²) in [6.45, 7) is 5.97. The number of nitrogens with one attached hydrogen (secondary N) is 1. The molecule has 1 N–H and O–H groups in total. The van der Waals surface area contributed by atoms with E-state index in [9.17, 15) is 4.79 Å². The molecule has 1 aliphatic rings. The monoisotopic (exact) mass is 348 g/mol. The highest BCUT2D eigenvalue weighted by molar-refractivity contribution is 5.92. The molecule has 2 aromatic rings. The Morgan fingerprint density at radius 2 is 2.24 bits per heavy atom. The molecule has 0 unspecified atom stereocenters. The molecule has 1 saturated heterocycles. The third kappa shape index (κ3) is 4.08. The molecule has 0 bridgehead atoms. The minimum Gasteiger partial charge on any atom is -0.459 e. The van der Waals surface area contributed by atoms with Crippen molar-refractivity contribution < 1.29 is 18.5 Å². The van der Waals surface area contributed by atoms with E-state index in [1.54, 1.807) is 13.2 Å². The van der Waals surface area contributed by atoms with E-state index in [2.05, 4.69) is 27.3 Å². The van der Waals surface area contributed by atoms with Crippen molar-refractivity contribution in [1.29, 1.82) is 0 Å². The van der Waals surface area contributed by atoms with Gasteiger partial charge in [-0.05, 0) is 32.8 Å². The summed E-state index contributed by atoms with van der Waals surface area (Å²) in [5.41, 5.74) is 0.854. The Labute approximate surface area is 146 Å². The second-order valence-electron chi connectivity index (χ2n) is 6.37. The van der Waals surface area contributed by atoms with Crippen molar-refractivity contribution in [3.05, 3.63) is 35.4 Å². The Kier molecular flexibility index (Phi) is 5.50. The van der Waals surface area contributed by atoms with Gasteiger partial charge in [-0.15, -0.1) is 0 Å². The fourth-order valence-corrected chi connectivity index (χ4v) is 3.07. The number of aryl methyl sites for hydroxylation is 1. The highest BCUT2D eigenvalue weighted by Gasteiger charge is 2.28. The van der Waals surface area contributed by atoms with Gasteiger partial charge in [-0.25, -0.2) is 0 Å². The van der Waals surface area contributed by atoms with Crippen LogP contribution < -0.4 is 5.32 Å². The van der Waals surface area contributed by atoms with Crippen molar-refractivity contribution in [3.8, 4) is 0 Å². The molecule has 2 aromatic heterocycles. The first kappa shape index (κ1) is 17.6. The molecule has 0 saturated carbocycles. The second-order valence-corrected chi connectivity index (χ2v) is 6.37. The molecular weight excluding hydrogens is 324 g/mol. The van der Waals surface area contributed by atoms with Gasteiger partial charge in [0.05, 0.1) is 12.3 Å². The molecule has 1 amide bonds. The van der Waals surface area contributed by atoms with Gasteiger partial charge in [0.1, 0.15) is 6.61 Å². The molecule has 136 valence electrons. The first-order valence-corrected chi connectivity index (χ1v) is 8.49. The maximum Gasteiger partial charge on any atom is 0.287 e. The summed E-state index contributed by atoms with van der Waals surface area (Å²) in [4.78, 5) is 18.9. The summed E-state index contributed by atoms with van der Waals surface area (Å²) in [6.07, 6.45) is 3.28. The lowest BCUT2D eigenvalue weighted by atomic mass is 10.0. The summed E-state index contributed by atoms with van der Waals surface area (Å²) in [5.74, 6) is 1.41. The first-order valence-electron chi connectivity index (χ1n) is 8.49. The lowest BCUT2D eigenvalue weighted by Crippen LogP contribution is -2.45. The van der Waals surface area contributed by atoms with Crippen molar-refractivity contribution >= 4 is 5.91 Å². The van der Waals surface area contributed by atoms with Crippen LogP contribution in [0.4, 0.5) is 0 Å². The first-order chi connectivity index (χ1) is 12.1. The number of likely N-dealkylation sites (tertiary alicyclic amines) is 1. The Balaban J connectivity index is 1.51. The van der Waals surface area contributed by atoms with E-state index < -0.39 is 0 Å². The number of piperidine rings is 1. The van der Waals surface area contributed by atoms with E-state index >= 15 is 0 Å². The molecule has 0 aromatic carbocycles. The SMILES string of the molecule is COCc1noc([C@H](C)N2CCC(NC(=O)c3occc3C)CC2)n1. The van der Waals surface area contributed by atoms with E-state index in [4.69, 9.17) is 13.7 Å². The van der Waals surface area contributed by atoms with E-state index in [1.165, 1.54) is 6.26 Å². The molecule has 1 fully saturated rings. The third-order valence-electron chi connectivity index (χ3n) is 4.60. The largest absolute Gasteiger partial charge is 0.459 e. The van der Waals surface area contributed by atoms with E-state index in [1.807, 2.05) is 6.92 Å². The smallest absolute Gasteiger partial charge is 0.287 e. The number of furan rings is 1. The molecule has 8 heteroatoms. The molecule has 8 nitrogen and oxygen atoms in total. The van der Waals surface area contributed by atoms with Crippen LogP contribution in [-0.2, 0) is 11.3 Å². The highest BCUT2D eigenvalue weighted by atomic mass is 16.5. The second kappa shape index (κ2) is 7.79. The zero-order valence-corrected chi connectivity index (χ0v) is 14.8. The van der Waals surface area contributed by atoms with Crippen molar-refractivity contribution in [3.63, 3.8) is 0 Å². The topological polar surface area (TPSA) is 93.6 Å². The quantitative estimate of drug-likeness (QED) is 0.854. The van der Waals surface area contributed by atoms with Crippen LogP contribution in [0.25, 0.3) is 0 Å². The average molecular weight is 348 g/mol. The van der Waals surface area contributed by atoms with Crippen LogP contribution in [0.15, 0.2) is 21.3 Å². The molecule has 0 spiro atoms. The summed E-state index contributed by atoms with van der Waals surface area (Å²) in [5, 5.41) is 6.96. The summed E-state index contributed by atoms with van der Waals surface area (Å²) in [7, 11) is 1.60. The van der Waals surface area contributed by atoms with Gasteiger partial charge in [0.15, 0.2) is 11.6 Å². The third-order valence-corrected chi connectivity index (χ3v) is 4.60. The minimum absolute atomic E-state index is 0.0436. The lowest BCUT2D eigenvalue weighted by molar-refractivity contribution is 0.0854. The van der Waals surface area contributed by atoms with Gasteiger partial charge < -0.3 is 19.0 Å². The number of nitrogens with zero attached hydrogens (tertiary/aromatic N) is 3. The van der Waals surface area contributed by atoms with Crippen molar-refractivity contribution in [2.24, 2.45) is 0 Å². The lowest BCUT2D eigenvalue weighted by Gasteiger charge is -2.34. The number of hydrogen-bond acceptors (Lipinski definition) is 7. The van der Waals surface area contributed by atoms with E-state index in [0.717, 1.165) is 31.5 Å². The van der Waals surface area contributed by atoms with Crippen LogP contribution in [0.1, 0.15) is 53.6 Å². The highest BCUT2D eigenvalue weighted by Crippen LogP contribution is 2.23. The zero-order valence-electron chi connectivity index (χ0n) is 14.8. The molecule has 1 atom stereocenters. The Morgan fingerprint density at radius 3 is 2.88 bits per heavy atom. The van der Waals surface area contributed by atoms with Crippen molar-refractivity contribution in [2.45, 2.75) is 45.4 Å². The van der Waals surface area contributed by atoms with Gasteiger partial charge in [0.25, 0.3) is 5.91 Å². The zero-order chi connectivity index (χ0) is 17.8. The van der Waals surface area contributed by atoms with Crippen LogP contribution in [0.5, 0.6) is 0 Å². The summed E-state index contributed by atoms with van der Waals surface area (Å²) >= 11 is 0. The standard InChI is InChI=1S/C17H24N4O4/c1-11-6-9-24-15(11)16(22)18-13-4-7-21(8-5-13)12(2)17-19-14(10-23-3)20-25-17/h6,9,12-13H,4-5,7-8,10H2,1-3H3,(H,18,22)/t12-/m0/s1. The normalized spacial score (nSPS) is 17.6. The van der Waals surface area contributed by atoms with E-state index in [0.29, 0.717) is 24.1 Å². The van der Waals surface area contributed by atoms with Crippen LogP contribution in [0.3, 0.4) is 0 Å². The number of ether oxygens (including phenoxy) is 1. The van der Waals surface area contributed by atoms with Gasteiger partial charge in [-0.2, -0.15) is 4.98 Å². The number of aromatic nitrogens is 2. The minimum atomic E-state index is -0.143. The van der Waals surface area contributed by atoms with Crippen LogP contribution in [0, 0.1) is 6.92 Å². The predicted molar refractivity (Wildman–Crippen MR) is 88.9 cm³/mol. The Bertz CT molecular complexity index is 703. The summed E-state index contributed by atoms with van der Waals surface area (Å²) < 4.78 is 15.6. The Morgan fingerprint density at radius 1 is 1.48 bits per heavy atom. The number of amides is 1. The maximum absolute atomic E-state index is 12.2. The molecule has 1 aliphatic heterocycles. The number of carbonyl (C=O) groups excluding carboxylic acids is 1. The molecule has 0 radical (unpaired) electrons. The number of hydrogen-bond donors (Lipinski definition) is 1. The molecule has 0 aliphatic carbocycles. The Hall–Kier alpha value is -2.19. The number of methoxy groups -OCH3 is 1. The van der Waals surface area contributed by atoms with Crippen molar-refractivity contribution in [1.82, 2.24) is 20.4 Å². The fraction of sp³-hybridized carbons (Fsp3) is 0.588. The van der Waals surface area contributed by atoms with Gasteiger partial charge in [-0.1, -0.05) is 5.16 Å². The molecule has 3 rings (SSSR count). The van der Waals surface area contributed by atoms with Crippen LogP contribution in [0.2, 0.25) is 0 Å². The molecule has 3 heterocycles. The fourth-order valence-electron chi connectivity index (χ4n) is 3.07.